The van der Waals surface area contributed by atoms with Gasteiger partial charge in [-0.3, -0.25) is 9.69 Å². The number of nitrogens with one attached hydrogen (secondary N) is 2. The van der Waals surface area contributed by atoms with Gasteiger partial charge in [-0.25, -0.2) is 9.67 Å². The summed E-state index contributed by atoms with van der Waals surface area (Å²) in [6.45, 7) is 2.61. The van der Waals surface area contributed by atoms with Crippen molar-refractivity contribution in [3.05, 3.63) is 17.8 Å². The third kappa shape index (κ3) is 4.59. The molecule has 2 aromatic heterocycles. The van der Waals surface area contributed by atoms with Crippen LogP contribution in [0.4, 0.5) is 36.6 Å². The Hall–Kier alpha value is -2.85. The zero-order valence-corrected chi connectivity index (χ0v) is 17.4. The first-order valence-electron chi connectivity index (χ1n) is 10.7. The molecule has 11 heteroatoms. The van der Waals surface area contributed by atoms with Gasteiger partial charge in [-0.05, 0) is 26.2 Å². The van der Waals surface area contributed by atoms with Crippen molar-refractivity contribution in [3.8, 4) is 0 Å². The van der Waals surface area contributed by atoms with Crippen LogP contribution in [0.15, 0.2) is 12.3 Å². The molecule has 2 N–H and O–H groups in total. The molecule has 2 aliphatic rings. The molecule has 3 heterocycles. The summed E-state index contributed by atoms with van der Waals surface area (Å²) in [5.74, 6) is 0.921. The lowest BCUT2D eigenvalue weighted by Gasteiger charge is -2.24. The summed E-state index contributed by atoms with van der Waals surface area (Å²) in [4.78, 5) is 21.8. The van der Waals surface area contributed by atoms with Crippen LogP contribution in [0.1, 0.15) is 63.5 Å². The fourth-order valence-corrected chi connectivity index (χ4v) is 4.17. The summed E-state index contributed by atoms with van der Waals surface area (Å²) < 4.78 is 41.6. The minimum atomic E-state index is -4.55. The number of rotatable bonds is 6. The van der Waals surface area contributed by atoms with Gasteiger partial charge in [0.05, 0.1) is 6.04 Å². The van der Waals surface area contributed by atoms with Crippen molar-refractivity contribution < 1.29 is 18.0 Å². The van der Waals surface area contributed by atoms with E-state index in [0.717, 1.165) is 38.3 Å². The molecule has 1 saturated carbocycles. The van der Waals surface area contributed by atoms with E-state index in [-0.39, 0.29) is 23.7 Å². The molecule has 8 nitrogen and oxygen atoms in total. The maximum atomic E-state index is 13.3. The van der Waals surface area contributed by atoms with Gasteiger partial charge in [0.2, 0.25) is 11.9 Å². The Morgan fingerprint density at radius 2 is 1.97 bits per heavy atom. The monoisotopic (exact) mass is 437 g/mol. The van der Waals surface area contributed by atoms with E-state index in [1.54, 1.807) is 17.9 Å². The van der Waals surface area contributed by atoms with Gasteiger partial charge < -0.3 is 10.6 Å². The second-order valence-corrected chi connectivity index (χ2v) is 7.88. The number of carbonyl (C=O) groups is 1. The third-order valence-electron chi connectivity index (χ3n) is 5.67. The molecule has 0 unspecified atom stereocenters. The maximum Gasteiger partial charge on any atom is 0.421 e. The number of amides is 1. The van der Waals surface area contributed by atoms with Gasteiger partial charge in [-0.2, -0.15) is 23.3 Å². The lowest BCUT2D eigenvalue weighted by molar-refractivity contribution is -0.137. The Kier molecular flexibility index (Phi) is 6.01. The average Bonchev–Trinajstić information content (AvgIpc) is 3.34. The van der Waals surface area contributed by atoms with Crippen LogP contribution in [-0.2, 0) is 11.0 Å². The predicted molar refractivity (Wildman–Crippen MR) is 110 cm³/mol. The molecule has 0 atom stereocenters. The van der Waals surface area contributed by atoms with E-state index in [0.29, 0.717) is 31.1 Å². The smallest absolute Gasteiger partial charge is 0.370 e. The van der Waals surface area contributed by atoms with Crippen molar-refractivity contribution in [3.63, 3.8) is 0 Å². The molecule has 2 fully saturated rings. The van der Waals surface area contributed by atoms with Gasteiger partial charge in [-0.1, -0.05) is 19.3 Å². The van der Waals surface area contributed by atoms with Gasteiger partial charge in [0.25, 0.3) is 0 Å². The molecule has 1 amide bonds. The van der Waals surface area contributed by atoms with Gasteiger partial charge >= 0.3 is 6.18 Å². The second kappa shape index (κ2) is 8.72. The van der Waals surface area contributed by atoms with Crippen molar-refractivity contribution in [2.75, 3.05) is 28.6 Å². The van der Waals surface area contributed by atoms with Crippen LogP contribution in [-0.4, -0.2) is 38.7 Å². The van der Waals surface area contributed by atoms with E-state index in [1.165, 1.54) is 6.42 Å². The Morgan fingerprint density at radius 3 is 2.61 bits per heavy atom. The number of anilines is 4. The molecule has 0 spiro atoms. The van der Waals surface area contributed by atoms with Gasteiger partial charge in [-0.15, -0.1) is 0 Å². The minimum absolute atomic E-state index is 0.0278. The summed E-state index contributed by atoms with van der Waals surface area (Å²) in [5.41, 5.74) is -0.913. The second-order valence-electron chi connectivity index (χ2n) is 7.88. The molecular weight excluding hydrogens is 411 g/mol. The van der Waals surface area contributed by atoms with Crippen molar-refractivity contribution >= 4 is 29.3 Å². The molecule has 2 aromatic rings. The van der Waals surface area contributed by atoms with E-state index in [2.05, 4.69) is 25.7 Å². The summed E-state index contributed by atoms with van der Waals surface area (Å²) in [6, 6.07) is 1.91. The van der Waals surface area contributed by atoms with Crippen LogP contribution in [0.25, 0.3) is 0 Å². The zero-order valence-electron chi connectivity index (χ0n) is 17.4. The fraction of sp³-hybridized carbons (Fsp3) is 0.600. The zero-order chi connectivity index (χ0) is 22.0. The largest absolute Gasteiger partial charge is 0.421 e. The topological polar surface area (TPSA) is 88.0 Å². The number of hydrogen-bond donors (Lipinski definition) is 2. The van der Waals surface area contributed by atoms with E-state index >= 15 is 0 Å². The van der Waals surface area contributed by atoms with Crippen LogP contribution >= 0.6 is 0 Å². The minimum Gasteiger partial charge on any atom is -0.370 e. The number of carbonyl (C=O) groups excluding carboxylic acids is 1. The lowest BCUT2D eigenvalue weighted by atomic mass is 9.96. The summed E-state index contributed by atoms with van der Waals surface area (Å²) in [6.07, 6.45) is 2.76. The van der Waals surface area contributed by atoms with Gasteiger partial charge in [0, 0.05) is 31.8 Å². The highest BCUT2D eigenvalue weighted by Gasteiger charge is 2.35. The maximum absolute atomic E-state index is 13.3. The highest BCUT2D eigenvalue weighted by Crippen LogP contribution is 2.36. The van der Waals surface area contributed by atoms with E-state index < -0.39 is 11.7 Å². The molecule has 168 valence electrons. The quantitative estimate of drug-likeness (QED) is 0.692. The molecule has 0 radical (unpaired) electrons. The van der Waals surface area contributed by atoms with Crippen LogP contribution in [0.3, 0.4) is 0 Å². The normalized spacial score (nSPS) is 17.9. The number of halogens is 3. The molecule has 31 heavy (non-hydrogen) atoms. The number of alkyl halides is 3. The van der Waals surface area contributed by atoms with Crippen molar-refractivity contribution in [1.82, 2.24) is 19.7 Å². The van der Waals surface area contributed by atoms with E-state index in [4.69, 9.17) is 0 Å². The SMILES string of the molecule is CCNc1nc(Nc2cc(N3CCCC3=O)nn2C2CCCCC2)ncc1C(F)(F)F. The van der Waals surface area contributed by atoms with Gasteiger partial charge in [0.1, 0.15) is 17.2 Å². The molecule has 1 saturated heterocycles. The highest BCUT2D eigenvalue weighted by molar-refractivity contribution is 5.94. The average molecular weight is 437 g/mol. The number of hydrogen-bond acceptors (Lipinski definition) is 6. The first-order valence-corrected chi connectivity index (χ1v) is 10.7. The van der Waals surface area contributed by atoms with E-state index in [9.17, 15) is 18.0 Å². The molecular formula is C20H26F3N7O. The van der Waals surface area contributed by atoms with Crippen LogP contribution in [0.2, 0.25) is 0 Å². The van der Waals surface area contributed by atoms with Gasteiger partial charge in [0.15, 0.2) is 5.82 Å². The van der Waals surface area contributed by atoms with Crippen LogP contribution in [0.5, 0.6) is 0 Å². The molecule has 1 aliphatic heterocycles. The van der Waals surface area contributed by atoms with Crippen LogP contribution in [0, 0.1) is 0 Å². The Bertz CT molecular complexity index is 937. The fourth-order valence-electron chi connectivity index (χ4n) is 4.17. The molecule has 1 aliphatic carbocycles. The van der Waals surface area contributed by atoms with E-state index in [1.807, 2.05) is 4.68 Å². The van der Waals surface area contributed by atoms with Crippen molar-refractivity contribution in [1.29, 1.82) is 0 Å². The highest BCUT2D eigenvalue weighted by atomic mass is 19.4. The Morgan fingerprint density at radius 1 is 1.19 bits per heavy atom. The summed E-state index contributed by atoms with van der Waals surface area (Å²) in [5, 5.41) is 10.4. The molecule has 0 aromatic carbocycles. The predicted octanol–water partition coefficient (Wildman–Crippen LogP) is 4.50. The van der Waals surface area contributed by atoms with Crippen molar-refractivity contribution in [2.45, 2.75) is 64.1 Å². The molecule has 4 rings (SSSR count). The number of nitrogens with zero attached hydrogens (tertiary/aromatic N) is 5. The molecule has 0 bridgehead atoms. The van der Waals surface area contributed by atoms with Crippen molar-refractivity contribution in [2.24, 2.45) is 0 Å². The third-order valence-corrected chi connectivity index (χ3v) is 5.67. The Balaban J connectivity index is 1.67. The first-order chi connectivity index (χ1) is 14.9. The van der Waals surface area contributed by atoms with Crippen LogP contribution < -0.4 is 15.5 Å². The number of aromatic nitrogens is 4. The standard InChI is InChI=1S/C20H26F3N7O/c1-2-24-18-14(20(21,22)23)12-25-19(27-18)26-15-11-16(29-10-6-9-17(29)31)28-30(15)13-7-4-3-5-8-13/h11-13H,2-10H2,1H3,(H2,24,25,26,27). The first kappa shape index (κ1) is 21.4. The Labute approximate surface area is 178 Å². The summed E-state index contributed by atoms with van der Waals surface area (Å²) >= 11 is 0. The summed E-state index contributed by atoms with van der Waals surface area (Å²) in [7, 11) is 0. The lowest BCUT2D eigenvalue weighted by Crippen LogP contribution is -2.24.